The molecule has 10 heteroatoms. The van der Waals surface area contributed by atoms with Gasteiger partial charge in [-0.15, -0.1) is 0 Å². The Morgan fingerprint density at radius 2 is 0.594 bits per heavy atom. The lowest BCUT2D eigenvalue weighted by Crippen LogP contribution is -2.16. The van der Waals surface area contributed by atoms with Crippen molar-refractivity contribution in [3.8, 4) is 67.1 Å². The SMILES string of the molecule is CC(C)(C)c1cc(-c2c3nc(c4c5ccc([nH]5)c(c5nc(cc6ccc2[nH]6)C=C5)-c2cccc(c2)OCCCCCCOc2cccc(c2)-c2c5nc(c-4c4ccc([nH]4)c(-c4cc(C(C)(C)C)cc(C(C)(C)C)c4)c4nc(cc6ccc2[nH]6)C=C4)C=C5)C=C3)cc(C(C)(C)C)c1. The van der Waals surface area contributed by atoms with E-state index in [-0.39, 0.29) is 21.7 Å². The van der Waals surface area contributed by atoms with E-state index in [2.05, 4.69) is 297 Å². The molecule has 96 heavy (non-hydrogen) atoms. The number of rotatable bonds is 2. The molecule has 10 nitrogen and oxygen atoms in total. The second kappa shape index (κ2) is 23.8. The minimum absolute atomic E-state index is 0.141. The lowest BCUT2D eigenvalue weighted by Gasteiger charge is -2.26. The minimum Gasteiger partial charge on any atom is -0.494 e. The summed E-state index contributed by atoms with van der Waals surface area (Å²) in [5.41, 5.74) is 27.9. The summed E-state index contributed by atoms with van der Waals surface area (Å²) < 4.78 is 13.2. The third-order valence-electron chi connectivity index (χ3n) is 19.1. The van der Waals surface area contributed by atoms with Crippen molar-refractivity contribution in [2.24, 2.45) is 0 Å². The van der Waals surface area contributed by atoms with Crippen LogP contribution in [0.4, 0.5) is 0 Å². The van der Waals surface area contributed by atoms with E-state index in [1.165, 1.54) is 22.3 Å². The van der Waals surface area contributed by atoms with Crippen molar-refractivity contribution in [3.63, 3.8) is 0 Å². The summed E-state index contributed by atoms with van der Waals surface area (Å²) in [6, 6.07) is 53.0. The summed E-state index contributed by atoms with van der Waals surface area (Å²) in [5.74, 6) is 1.61. The lowest BCUT2D eigenvalue weighted by molar-refractivity contribution is 0.287. The first-order chi connectivity index (χ1) is 46.0. The molecule has 5 aliphatic heterocycles. The summed E-state index contributed by atoms with van der Waals surface area (Å²) in [7, 11) is 0. The normalized spacial score (nSPS) is 14.2. The molecule has 11 heterocycles. The first-order valence-corrected chi connectivity index (χ1v) is 34.1. The molecule has 0 unspecified atom stereocenters. The molecule has 4 aromatic carbocycles. The van der Waals surface area contributed by atoms with Gasteiger partial charge in [0.05, 0.1) is 58.8 Å². The van der Waals surface area contributed by atoms with E-state index in [1.54, 1.807) is 0 Å². The van der Waals surface area contributed by atoms with Crippen molar-refractivity contribution in [2.75, 3.05) is 13.2 Å². The van der Waals surface area contributed by atoms with Gasteiger partial charge in [0, 0.05) is 77.5 Å². The Labute approximate surface area is 563 Å². The topological polar surface area (TPSA) is 133 Å². The summed E-state index contributed by atoms with van der Waals surface area (Å²) >= 11 is 0. The summed E-state index contributed by atoms with van der Waals surface area (Å²) in [5, 5.41) is 0. The van der Waals surface area contributed by atoms with Crippen molar-refractivity contribution in [2.45, 2.75) is 130 Å². The number of benzene rings is 4. The molecule has 0 radical (unpaired) electrons. The van der Waals surface area contributed by atoms with E-state index in [4.69, 9.17) is 29.4 Å². The largest absolute Gasteiger partial charge is 0.494 e. The van der Waals surface area contributed by atoms with Gasteiger partial charge in [0.1, 0.15) is 11.5 Å². The fourth-order valence-electron chi connectivity index (χ4n) is 13.7. The molecule has 24 bridgehead atoms. The Hall–Kier alpha value is -10.3. The van der Waals surface area contributed by atoms with Gasteiger partial charge in [0.25, 0.3) is 0 Å². The molecule has 6 aromatic heterocycles. The number of hydrogen-bond acceptors (Lipinski definition) is 6. The minimum atomic E-state index is -0.141. The number of ether oxygens (including phenoxy) is 2. The van der Waals surface area contributed by atoms with Gasteiger partial charge in [-0.2, -0.15) is 0 Å². The molecule has 5 aliphatic rings. The third kappa shape index (κ3) is 12.2. The Kier molecular flexibility index (Phi) is 15.4. The summed E-state index contributed by atoms with van der Waals surface area (Å²) in [6.07, 6.45) is 21.2. The van der Waals surface area contributed by atoms with Gasteiger partial charge in [-0.25, -0.2) is 19.9 Å². The number of H-pyrrole nitrogens is 4. The van der Waals surface area contributed by atoms with Crippen molar-refractivity contribution in [1.29, 1.82) is 0 Å². The van der Waals surface area contributed by atoms with Crippen molar-refractivity contribution in [3.05, 3.63) is 213 Å². The maximum Gasteiger partial charge on any atom is 0.119 e. The van der Waals surface area contributed by atoms with Crippen LogP contribution in [0, 0.1) is 0 Å². The molecule has 4 N–H and O–H groups in total. The van der Waals surface area contributed by atoms with Gasteiger partial charge >= 0.3 is 0 Å². The zero-order valence-electron chi connectivity index (χ0n) is 57.3. The molecular weight excluding hydrogens is 1180 g/mol. The van der Waals surface area contributed by atoms with E-state index in [1.807, 2.05) is 0 Å². The van der Waals surface area contributed by atoms with Gasteiger partial charge in [-0.1, -0.05) is 144 Å². The zero-order valence-corrected chi connectivity index (χ0v) is 57.3. The molecule has 0 aliphatic carbocycles. The van der Waals surface area contributed by atoms with Crippen LogP contribution in [0.1, 0.15) is 177 Å². The van der Waals surface area contributed by atoms with Crippen molar-refractivity contribution < 1.29 is 9.47 Å². The van der Waals surface area contributed by atoms with Crippen LogP contribution in [0.25, 0.3) is 148 Å². The van der Waals surface area contributed by atoms with E-state index < -0.39 is 0 Å². The number of hydrogen-bond donors (Lipinski definition) is 4. The van der Waals surface area contributed by atoms with Crippen LogP contribution in [-0.2, 0) is 21.7 Å². The van der Waals surface area contributed by atoms with Gasteiger partial charge in [-0.05, 0) is 225 Å². The molecule has 0 saturated carbocycles. The Morgan fingerprint density at radius 1 is 0.281 bits per heavy atom. The van der Waals surface area contributed by atoms with Crippen molar-refractivity contribution in [1.82, 2.24) is 39.9 Å². The van der Waals surface area contributed by atoms with Crippen molar-refractivity contribution >= 4 is 92.7 Å². The second-order valence-electron chi connectivity index (χ2n) is 30.5. The Balaban J connectivity index is 1.13. The summed E-state index contributed by atoms with van der Waals surface area (Å²) in [4.78, 5) is 38.7. The molecule has 480 valence electrons. The monoisotopic (exact) mass is 1260 g/mol. The van der Waals surface area contributed by atoms with E-state index >= 15 is 0 Å². The molecule has 15 rings (SSSR count). The highest BCUT2D eigenvalue weighted by molar-refractivity contribution is 6.05. The van der Waals surface area contributed by atoms with Crippen LogP contribution >= 0.6 is 0 Å². The van der Waals surface area contributed by atoms with Crippen LogP contribution in [0.3, 0.4) is 0 Å². The number of aromatic amines is 4. The standard InChI is InChI=1S/C86H84N8O2/c1-83(2,3)55-41-53(42-56(47-55)84(4,5)6)79-67-29-25-61(89-67)49-59-23-27-65(87-59)77-51-19-17-21-63(45-51)95-39-15-13-14-16-40-96-64-22-18-20-52(46-64)78-66-28-24-60(88-66)50-62-26-30-68(90-62)80(54-43-57(85(7,8)9)48-58(44-54)86(10,11)12)72-34-38-76(94-72)82(74-36-32-70(78)92-74)81(73-35-31-69(77)91-73)75-37-33-71(79)93-75/h17-38,41-50,87,90,92-93H,13-16,39-40H2,1-12H3. The maximum absolute atomic E-state index is 6.59. The fourth-order valence-corrected chi connectivity index (χ4v) is 13.7. The number of fused-ring (bicyclic) bond motifs is 23. The molecule has 0 saturated heterocycles. The highest BCUT2D eigenvalue weighted by Crippen LogP contribution is 2.45. The van der Waals surface area contributed by atoms with Gasteiger partial charge < -0.3 is 29.4 Å². The summed E-state index contributed by atoms with van der Waals surface area (Å²) in [6.45, 7) is 28.8. The highest BCUT2D eigenvalue weighted by atomic mass is 16.5. The number of nitrogens with zero attached hydrogens (tertiary/aromatic N) is 4. The molecule has 10 aromatic rings. The lowest BCUT2D eigenvalue weighted by atomic mass is 9.78. The Bertz CT molecular complexity index is 5110. The van der Waals surface area contributed by atoms with Gasteiger partial charge in [0.15, 0.2) is 0 Å². The predicted octanol–water partition coefficient (Wildman–Crippen LogP) is 22.5. The zero-order chi connectivity index (χ0) is 66.4. The van der Waals surface area contributed by atoms with Crippen LogP contribution in [0.15, 0.2) is 146 Å². The average Bonchev–Trinajstić information content (AvgIpc) is 1.52. The third-order valence-corrected chi connectivity index (χ3v) is 19.1. The quantitative estimate of drug-likeness (QED) is 0.136. The number of aromatic nitrogens is 8. The van der Waals surface area contributed by atoms with E-state index in [9.17, 15) is 0 Å². The molecule has 0 spiro atoms. The maximum atomic E-state index is 6.59. The smallest absolute Gasteiger partial charge is 0.119 e. The highest BCUT2D eigenvalue weighted by Gasteiger charge is 2.28. The number of nitrogens with one attached hydrogen (secondary N) is 4. The second-order valence-corrected chi connectivity index (χ2v) is 30.5. The fraction of sp³-hybridized carbons (Fsp3) is 0.256. The van der Waals surface area contributed by atoms with Crippen LogP contribution in [0.5, 0.6) is 11.5 Å². The van der Waals surface area contributed by atoms with Crippen LogP contribution in [-0.4, -0.2) is 53.1 Å². The predicted molar refractivity (Wildman–Crippen MR) is 403 cm³/mol. The van der Waals surface area contributed by atoms with E-state index in [0.29, 0.717) is 13.2 Å². The van der Waals surface area contributed by atoms with Crippen LogP contribution < -0.4 is 9.47 Å². The first kappa shape index (κ1) is 61.8. The Morgan fingerprint density at radius 3 is 0.969 bits per heavy atom. The van der Waals surface area contributed by atoms with E-state index in [0.717, 1.165) is 183 Å². The van der Waals surface area contributed by atoms with Gasteiger partial charge in [-0.3, -0.25) is 0 Å². The van der Waals surface area contributed by atoms with Gasteiger partial charge in [0.2, 0.25) is 0 Å². The molecule has 0 atom stereocenters. The molecule has 0 amide bonds. The average molecular weight is 1260 g/mol. The first-order valence-electron chi connectivity index (χ1n) is 34.1. The molecule has 0 fully saturated rings. The molecular formula is C86H84N8O2. The van der Waals surface area contributed by atoms with Crippen LogP contribution in [0.2, 0.25) is 0 Å².